The largest absolute Gasteiger partial charge is 0.490 e. The lowest BCUT2D eigenvalue weighted by Gasteiger charge is -2.15. The summed E-state index contributed by atoms with van der Waals surface area (Å²) in [6.07, 6.45) is 1.19. The van der Waals surface area contributed by atoms with E-state index < -0.39 is 6.61 Å². The summed E-state index contributed by atoms with van der Waals surface area (Å²) in [6, 6.07) is 4.94. The molecule has 166 valence electrons. The van der Waals surface area contributed by atoms with Crippen LogP contribution in [0, 0.1) is 0 Å². The number of benzene rings is 1. The van der Waals surface area contributed by atoms with Crippen molar-refractivity contribution in [2.45, 2.75) is 46.8 Å². The second-order valence-corrected chi connectivity index (χ2v) is 5.78. The molecule has 0 bridgehead atoms. The standard InChI is InChI=1S/C19H30F2N4O3.HI/c1-4-11-23-16(26)10-12-24-19(22-5-2)25-13-14-8-7-9-15(27-6-3)17(14)28-18(20)21;/h7-9,18H,4-6,10-13H2,1-3H3,(H,23,26)(H2,22,24,25);1H. The number of hydrogen-bond donors (Lipinski definition) is 3. The quantitative estimate of drug-likeness (QED) is 0.221. The lowest BCUT2D eigenvalue weighted by atomic mass is 10.2. The summed E-state index contributed by atoms with van der Waals surface area (Å²) in [5.41, 5.74) is 0.476. The average molecular weight is 528 g/mol. The molecule has 3 N–H and O–H groups in total. The fourth-order valence-electron chi connectivity index (χ4n) is 2.33. The Morgan fingerprint density at radius 1 is 1.14 bits per heavy atom. The Bertz CT molecular complexity index is 633. The van der Waals surface area contributed by atoms with E-state index in [0.717, 1.165) is 6.42 Å². The monoisotopic (exact) mass is 528 g/mol. The summed E-state index contributed by atoms with van der Waals surface area (Å²) in [5, 5.41) is 8.91. The molecule has 0 aromatic heterocycles. The third-order valence-corrected chi connectivity index (χ3v) is 3.54. The van der Waals surface area contributed by atoms with Crippen LogP contribution >= 0.6 is 24.0 Å². The topological polar surface area (TPSA) is 84.0 Å². The van der Waals surface area contributed by atoms with Crippen LogP contribution in [0.5, 0.6) is 11.5 Å². The maximum Gasteiger partial charge on any atom is 0.387 e. The molecule has 0 saturated heterocycles. The van der Waals surface area contributed by atoms with Gasteiger partial charge in [0.05, 0.1) is 13.2 Å². The van der Waals surface area contributed by atoms with Crippen molar-refractivity contribution in [3.63, 3.8) is 0 Å². The van der Waals surface area contributed by atoms with Gasteiger partial charge >= 0.3 is 6.61 Å². The molecule has 0 aliphatic carbocycles. The molecule has 0 spiro atoms. The minimum absolute atomic E-state index is 0. The molecule has 1 amide bonds. The summed E-state index contributed by atoms with van der Waals surface area (Å²) in [7, 11) is 0. The highest BCUT2D eigenvalue weighted by atomic mass is 127. The molecule has 0 fully saturated rings. The van der Waals surface area contributed by atoms with E-state index in [1.165, 1.54) is 0 Å². The van der Waals surface area contributed by atoms with E-state index in [2.05, 4.69) is 25.7 Å². The van der Waals surface area contributed by atoms with Crippen molar-refractivity contribution in [3.05, 3.63) is 23.8 Å². The lowest BCUT2D eigenvalue weighted by Crippen LogP contribution is -2.39. The number of hydrogen-bond acceptors (Lipinski definition) is 4. The highest BCUT2D eigenvalue weighted by molar-refractivity contribution is 14.0. The summed E-state index contributed by atoms with van der Waals surface area (Å²) in [6.45, 7) is 4.81. The molecule has 0 heterocycles. The number of carbonyl (C=O) groups excluding carboxylic acids is 1. The van der Waals surface area contributed by atoms with E-state index in [4.69, 9.17) is 4.74 Å². The molecule has 7 nitrogen and oxygen atoms in total. The zero-order valence-corrected chi connectivity index (χ0v) is 19.4. The normalized spacial score (nSPS) is 10.9. The molecule has 0 atom stereocenters. The van der Waals surface area contributed by atoms with Crippen LogP contribution in [0.3, 0.4) is 0 Å². The van der Waals surface area contributed by atoms with Crippen LogP contribution in [0.2, 0.25) is 0 Å². The highest BCUT2D eigenvalue weighted by Gasteiger charge is 2.15. The van der Waals surface area contributed by atoms with Gasteiger partial charge < -0.3 is 25.4 Å². The Morgan fingerprint density at radius 2 is 1.90 bits per heavy atom. The van der Waals surface area contributed by atoms with E-state index in [1.807, 2.05) is 13.8 Å². The van der Waals surface area contributed by atoms with Gasteiger partial charge in [0.1, 0.15) is 0 Å². The molecular weight excluding hydrogens is 497 g/mol. The van der Waals surface area contributed by atoms with Crippen LogP contribution in [0.25, 0.3) is 0 Å². The van der Waals surface area contributed by atoms with Gasteiger partial charge in [-0.1, -0.05) is 19.1 Å². The average Bonchev–Trinajstić information content (AvgIpc) is 2.66. The lowest BCUT2D eigenvalue weighted by molar-refractivity contribution is -0.120. The first kappa shape index (κ1) is 27.1. The van der Waals surface area contributed by atoms with Gasteiger partial charge in [0, 0.05) is 31.6 Å². The molecule has 1 aromatic rings. The number of halogens is 3. The Kier molecular flexibility index (Phi) is 15.0. The summed E-state index contributed by atoms with van der Waals surface area (Å²) < 4.78 is 35.6. The zero-order valence-electron chi connectivity index (χ0n) is 17.1. The van der Waals surface area contributed by atoms with E-state index in [1.54, 1.807) is 25.1 Å². The number of ether oxygens (including phenoxy) is 2. The minimum Gasteiger partial charge on any atom is -0.490 e. The smallest absolute Gasteiger partial charge is 0.387 e. The van der Waals surface area contributed by atoms with Crippen molar-refractivity contribution in [1.82, 2.24) is 16.0 Å². The van der Waals surface area contributed by atoms with Crippen LogP contribution in [-0.2, 0) is 11.3 Å². The molecule has 0 radical (unpaired) electrons. The van der Waals surface area contributed by atoms with Crippen LogP contribution in [0.4, 0.5) is 8.78 Å². The summed E-state index contributed by atoms with van der Waals surface area (Å²) >= 11 is 0. The van der Waals surface area contributed by atoms with E-state index in [-0.39, 0.29) is 47.9 Å². The Balaban J connectivity index is 0.00000784. The number of guanidine groups is 1. The van der Waals surface area contributed by atoms with Gasteiger partial charge in [0.25, 0.3) is 0 Å². The van der Waals surface area contributed by atoms with Crippen molar-refractivity contribution in [3.8, 4) is 11.5 Å². The van der Waals surface area contributed by atoms with Gasteiger partial charge in [-0.25, -0.2) is 4.99 Å². The molecule has 0 aliphatic rings. The van der Waals surface area contributed by atoms with Gasteiger partial charge in [0.15, 0.2) is 17.5 Å². The molecule has 29 heavy (non-hydrogen) atoms. The summed E-state index contributed by atoms with van der Waals surface area (Å²) in [5.74, 6) is 0.678. The maximum absolute atomic E-state index is 12.8. The number of para-hydroxylation sites is 1. The third kappa shape index (κ3) is 11.1. The first-order valence-electron chi connectivity index (χ1n) is 9.50. The Morgan fingerprint density at radius 3 is 2.52 bits per heavy atom. The van der Waals surface area contributed by atoms with Crippen LogP contribution in [0.15, 0.2) is 23.2 Å². The molecule has 10 heteroatoms. The van der Waals surface area contributed by atoms with Crippen molar-refractivity contribution >= 4 is 35.8 Å². The number of carbonyl (C=O) groups is 1. The van der Waals surface area contributed by atoms with E-state index in [0.29, 0.717) is 44.2 Å². The number of amides is 1. The summed E-state index contributed by atoms with van der Waals surface area (Å²) in [4.78, 5) is 16.0. The predicted octanol–water partition coefficient (Wildman–Crippen LogP) is 3.28. The molecule has 1 aromatic carbocycles. The Hall–Kier alpha value is -1.85. The molecule has 0 saturated carbocycles. The fourth-order valence-corrected chi connectivity index (χ4v) is 2.33. The molecule has 0 aliphatic heterocycles. The third-order valence-electron chi connectivity index (χ3n) is 3.54. The zero-order chi connectivity index (χ0) is 20.8. The number of nitrogens with one attached hydrogen (secondary N) is 3. The van der Waals surface area contributed by atoms with Crippen LogP contribution in [0.1, 0.15) is 39.2 Å². The highest BCUT2D eigenvalue weighted by Crippen LogP contribution is 2.33. The number of nitrogens with zero attached hydrogens (tertiary/aromatic N) is 1. The first-order valence-corrected chi connectivity index (χ1v) is 9.50. The van der Waals surface area contributed by atoms with Crippen molar-refractivity contribution in [2.24, 2.45) is 4.99 Å². The molecule has 0 unspecified atom stereocenters. The van der Waals surface area contributed by atoms with E-state index in [9.17, 15) is 13.6 Å². The Labute approximate surface area is 188 Å². The predicted molar refractivity (Wildman–Crippen MR) is 120 cm³/mol. The second kappa shape index (κ2) is 16.0. The first-order chi connectivity index (χ1) is 13.5. The maximum atomic E-state index is 12.8. The molecular formula is C19H31F2IN4O3. The number of alkyl halides is 2. The van der Waals surface area contributed by atoms with Gasteiger partial charge in [-0.05, 0) is 26.3 Å². The second-order valence-electron chi connectivity index (χ2n) is 5.78. The SMILES string of the molecule is CCCNC(=O)CCNC(=NCc1cccc(OCC)c1OC(F)F)NCC.I. The minimum atomic E-state index is -2.96. The van der Waals surface area contributed by atoms with Crippen LogP contribution in [-0.4, -0.2) is 44.7 Å². The van der Waals surface area contributed by atoms with Gasteiger partial charge in [-0.3, -0.25) is 4.79 Å². The van der Waals surface area contributed by atoms with Crippen molar-refractivity contribution < 1.29 is 23.0 Å². The molecule has 1 rings (SSSR count). The van der Waals surface area contributed by atoms with E-state index >= 15 is 0 Å². The van der Waals surface area contributed by atoms with Crippen molar-refractivity contribution in [1.29, 1.82) is 0 Å². The van der Waals surface area contributed by atoms with Gasteiger partial charge in [-0.15, -0.1) is 24.0 Å². The van der Waals surface area contributed by atoms with Gasteiger partial charge in [0.2, 0.25) is 5.91 Å². The van der Waals surface area contributed by atoms with Crippen LogP contribution < -0.4 is 25.4 Å². The van der Waals surface area contributed by atoms with Gasteiger partial charge in [-0.2, -0.15) is 8.78 Å². The number of rotatable bonds is 12. The fraction of sp³-hybridized carbons (Fsp3) is 0.579. The number of aliphatic imine (C=N–C) groups is 1. The van der Waals surface area contributed by atoms with Crippen molar-refractivity contribution in [2.75, 3.05) is 26.2 Å².